The highest BCUT2D eigenvalue weighted by Gasteiger charge is 2.20. The molecule has 2 heterocycles. The molecule has 4 aromatic rings. The molecule has 0 aliphatic heterocycles. The van der Waals surface area contributed by atoms with Crippen LogP contribution in [0, 0.1) is 0 Å². The third-order valence-corrected chi connectivity index (χ3v) is 5.17. The molecule has 0 fully saturated rings. The molecule has 2 aromatic heterocycles. The number of nitrogens with zero attached hydrogens (tertiary/aromatic N) is 4. The summed E-state index contributed by atoms with van der Waals surface area (Å²) in [7, 11) is 0. The second kappa shape index (κ2) is 10.5. The maximum absolute atomic E-state index is 13.1. The monoisotopic (exact) mass is 497 g/mol. The molecule has 11 heteroatoms. The van der Waals surface area contributed by atoms with E-state index in [0.29, 0.717) is 53.4 Å². The van der Waals surface area contributed by atoms with Crippen molar-refractivity contribution in [3.63, 3.8) is 0 Å². The molecule has 0 radical (unpaired) electrons. The standard InChI is InChI=1S/C24H24ClN5O5/c1-4-33-19-10-15(11-20(34-5-2)21(19)35-6-3)23(31)28-29-14-26-22-18(24(29)32)13-27-30(22)17-9-7-8-16(25)12-17/h7-14H,4-6H2,1-3H3,(H,28,31). The average Bonchev–Trinajstić information content (AvgIpc) is 3.28. The highest BCUT2D eigenvalue weighted by molar-refractivity contribution is 6.30. The summed E-state index contributed by atoms with van der Waals surface area (Å²) >= 11 is 6.07. The Bertz CT molecular complexity index is 1400. The van der Waals surface area contributed by atoms with E-state index in [1.165, 1.54) is 17.2 Å². The van der Waals surface area contributed by atoms with E-state index in [1.54, 1.807) is 36.4 Å². The molecule has 2 aromatic carbocycles. The molecule has 0 aliphatic carbocycles. The quantitative estimate of drug-likeness (QED) is 0.374. The van der Waals surface area contributed by atoms with Crippen LogP contribution in [0.15, 0.2) is 53.7 Å². The zero-order chi connectivity index (χ0) is 24.9. The zero-order valence-corrected chi connectivity index (χ0v) is 20.2. The number of fused-ring (bicyclic) bond motifs is 1. The number of nitrogens with one attached hydrogen (secondary N) is 1. The van der Waals surface area contributed by atoms with Crippen molar-refractivity contribution in [2.24, 2.45) is 0 Å². The van der Waals surface area contributed by atoms with Gasteiger partial charge in [-0.1, -0.05) is 17.7 Å². The first-order chi connectivity index (χ1) is 17.0. The van der Waals surface area contributed by atoms with E-state index in [9.17, 15) is 9.59 Å². The smallest absolute Gasteiger partial charge is 0.283 e. The van der Waals surface area contributed by atoms with Gasteiger partial charge in [-0.15, -0.1) is 0 Å². The zero-order valence-electron chi connectivity index (χ0n) is 19.4. The van der Waals surface area contributed by atoms with Crippen LogP contribution < -0.4 is 25.2 Å². The van der Waals surface area contributed by atoms with Gasteiger partial charge in [0.05, 0.1) is 31.7 Å². The summed E-state index contributed by atoms with van der Waals surface area (Å²) in [5.41, 5.74) is 3.28. The van der Waals surface area contributed by atoms with Crippen molar-refractivity contribution in [3.8, 4) is 22.9 Å². The number of halogens is 1. The fourth-order valence-corrected chi connectivity index (χ4v) is 3.67. The number of benzene rings is 2. The lowest BCUT2D eigenvalue weighted by atomic mass is 10.1. The van der Waals surface area contributed by atoms with E-state index < -0.39 is 11.5 Å². The maximum atomic E-state index is 13.1. The van der Waals surface area contributed by atoms with Crippen LogP contribution >= 0.6 is 11.6 Å². The van der Waals surface area contributed by atoms with Crippen molar-refractivity contribution in [3.05, 3.63) is 69.9 Å². The van der Waals surface area contributed by atoms with Gasteiger partial charge in [0.1, 0.15) is 11.7 Å². The molecule has 0 aliphatic rings. The first kappa shape index (κ1) is 24.1. The number of amides is 1. The topological polar surface area (TPSA) is 110 Å². The number of hydrogen-bond donors (Lipinski definition) is 1. The Morgan fingerprint density at radius 2 is 1.71 bits per heavy atom. The number of ether oxygens (including phenoxy) is 3. The van der Waals surface area contributed by atoms with Gasteiger partial charge in [0.2, 0.25) is 5.75 Å². The van der Waals surface area contributed by atoms with Crippen molar-refractivity contribution in [1.82, 2.24) is 19.4 Å². The summed E-state index contributed by atoms with van der Waals surface area (Å²) < 4.78 is 19.5. The Kier molecular flexibility index (Phi) is 7.21. The lowest BCUT2D eigenvalue weighted by Crippen LogP contribution is -2.33. The van der Waals surface area contributed by atoms with Crippen LogP contribution in [0.25, 0.3) is 16.7 Å². The molecule has 0 spiro atoms. The fourth-order valence-electron chi connectivity index (χ4n) is 3.48. The SMILES string of the molecule is CCOc1cc(C(=O)Nn2cnc3c(cnn3-c3cccc(Cl)c3)c2=O)cc(OCC)c1OCC. The summed E-state index contributed by atoms with van der Waals surface area (Å²) in [6.45, 7) is 6.63. The third-order valence-electron chi connectivity index (χ3n) is 4.93. The van der Waals surface area contributed by atoms with Gasteiger partial charge < -0.3 is 14.2 Å². The summed E-state index contributed by atoms with van der Waals surface area (Å²) in [6.07, 6.45) is 2.62. The Morgan fingerprint density at radius 3 is 2.34 bits per heavy atom. The highest BCUT2D eigenvalue weighted by atomic mass is 35.5. The van der Waals surface area contributed by atoms with E-state index in [2.05, 4.69) is 15.5 Å². The minimum atomic E-state index is -0.555. The fraction of sp³-hybridized carbons (Fsp3) is 0.250. The second-order valence-corrected chi connectivity index (χ2v) is 7.67. The Morgan fingerprint density at radius 1 is 1.03 bits per heavy atom. The molecular weight excluding hydrogens is 474 g/mol. The molecule has 1 amide bonds. The Labute approximate surface area is 206 Å². The third kappa shape index (κ3) is 4.92. The van der Waals surface area contributed by atoms with E-state index in [1.807, 2.05) is 20.8 Å². The summed E-state index contributed by atoms with van der Waals surface area (Å²) in [6, 6.07) is 10.1. The van der Waals surface area contributed by atoms with Crippen molar-refractivity contribution < 1.29 is 19.0 Å². The molecule has 1 N–H and O–H groups in total. The first-order valence-corrected chi connectivity index (χ1v) is 11.4. The molecule has 0 saturated carbocycles. The van der Waals surface area contributed by atoms with Crippen molar-refractivity contribution in [1.29, 1.82) is 0 Å². The minimum absolute atomic E-state index is 0.224. The number of rotatable bonds is 9. The summed E-state index contributed by atoms with van der Waals surface area (Å²) in [5, 5.41) is 5.01. The second-order valence-electron chi connectivity index (χ2n) is 7.23. The van der Waals surface area contributed by atoms with E-state index in [0.717, 1.165) is 4.68 Å². The van der Waals surface area contributed by atoms with E-state index in [-0.39, 0.29) is 10.9 Å². The van der Waals surface area contributed by atoms with Gasteiger partial charge in [-0.05, 0) is 51.1 Å². The molecule has 0 bridgehead atoms. The highest BCUT2D eigenvalue weighted by Crippen LogP contribution is 2.39. The number of hydrogen-bond acceptors (Lipinski definition) is 7. The molecule has 0 unspecified atom stereocenters. The maximum Gasteiger partial charge on any atom is 0.283 e. The Hall–Kier alpha value is -4.05. The lowest BCUT2D eigenvalue weighted by molar-refractivity contribution is 0.101. The van der Waals surface area contributed by atoms with Gasteiger partial charge in [0.25, 0.3) is 11.5 Å². The van der Waals surface area contributed by atoms with Crippen LogP contribution in [-0.2, 0) is 0 Å². The average molecular weight is 498 g/mol. The summed E-state index contributed by atoms with van der Waals surface area (Å²) in [5.74, 6) is 0.602. The molecule has 0 atom stereocenters. The predicted octanol–water partition coefficient (Wildman–Crippen LogP) is 3.82. The molecule has 35 heavy (non-hydrogen) atoms. The van der Waals surface area contributed by atoms with Crippen LogP contribution in [0.4, 0.5) is 0 Å². The van der Waals surface area contributed by atoms with Crippen LogP contribution in [-0.4, -0.2) is 45.2 Å². The van der Waals surface area contributed by atoms with Crippen LogP contribution in [0.1, 0.15) is 31.1 Å². The van der Waals surface area contributed by atoms with Gasteiger partial charge in [-0.25, -0.2) is 14.3 Å². The van der Waals surface area contributed by atoms with Crippen LogP contribution in [0.5, 0.6) is 17.2 Å². The predicted molar refractivity (Wildman–Crippen MR) is 132 cm³/mol. The minimum Gasteiger partial charge on any atom is -0.490 e. The van der Waals surface area contributed by atoms with Crippen LogP contribution in [0.3, 0.4) is 0 Å². The van der Waals surface area contributed by atoms with Crippen LogP contribution in [0.2, 0.25) is 5.02 Å². The van der Waals surface area contributed by atoms with Gasteiger partial charge in [0, 0.05) is 10.6 Å². The molecule has 4 rings (SSSR count). The largest absolute Gasteiger partial charge is 0.490 e. The number of carbonyl (C=O) groups excluding carboxylic acids is 1. The van der Waals surface area contributed by atoms with E-state index >= 15 is 0 Å². The Balaban J connectivity index is 1.68. The lowest BCUT2D eigenvalue weighted by Gasteiger charge is -2.17. The van der Waals surface area contributed by atoms with Gasteiger partial charge in [-0.2, -0.15) is 5.10 Å². The first-order valence-electron chi connectivity index (χ1n) is 11.1. The number of aromatic nitrogens is 4. The summed E-state index contributed by atoms with van der Waals surface area (Å²) in [4.78, 5) is 30.4. The molecular formula is C24H24ClN5O5. The van der Waals surface area contributed by atoms with Gasteiger partial charge in [0.15, 0.2) is 17.1 Å². The van der Waals surface area contributed by atoms with Crippen molar-refractivity contribution in [2.45, 2.75) is 20.8 Å². The molecule has 0 saturated heterocycles. The normalized spacial score (nSPS) is 10.9. The van der Waals surface area contributed by atoms with Crippen molar-refractivity contribution in [2.75, 3.05) is 25.2 Å². The van der Waals surface area contributed by atoms with Crippen molar-refractivity contribution >= 4 is 28.5 Å². The molecule has 10 nitrogen and oxygen atoms in total. The molecule has 182 valence electrons. The number of carbonyl (C=O) groups is 1. The van der Waals surface area contributed by atoms with Gasteiger partial charge in [-0.3, -0.25) is 15.0 Å². The van der Waals surface area contributed by atoms with E-state index in [4.69, 9.17) is 25.8 Å². The van der Waals surface area contributed by atoms with Gasteiger partial charge >= 0.3 is 0 Å².